The van der Waals surface area contributed by atoms with Gasteiger partial charge in [0.2, 0.25) is 11.8 Å². The summed E-state index contributed by atoms with van der Waals surface area (Å²) >= 11 is 0. The van der Waals surface area contributed by atoms with Crippen molar-refractivity contribution in [3.63, 3.8) is 0 Å². The molecule has 4 heteroatoms. The predicted molar refractivity (Wildman–Crippen MR) is 60.4 cm³/mol. The summed E-state index contributed by atoms with van der Waals surface area (Å²) < 4.78 is 5.01. The lowest BCUT2D eigenvalue weighted by molar-refractivity contribution is -0.119. The molecule has 0 spiro atoms. The molecule has 16 heavy (non-hydrogen) atoms. The number of hydrogen-bond acceptors (Lipinski definition) is 3. The Bertz CT molecular complexity index is 398. The predicted octanol–water partition coefficient (Wildman–Crippen LogP) is 1.47. The van der Waals surface area contributed by atoms with Crippen LogP contribution in [0.15, 0.2) is 18.3 Å². The quantitative estimate of drug-likeness (QED) is 0.821. The van der Waals surface area contributed by atoms with E-state index in [0.29, 0.717) is 12.3 Å². The Hall–Kier alpha value is -1.58. The van der Waals surface area contributed by atoms with E-state index in [9.17, 15) is 4.79 Å². The molecule has 1 aromatic heterocycles. The molecule has 86 valence electrons. The largest absolute Gasteiger partial charge is 0.481 e. The summed E-state index contributed by atoms with van der Waals surface area (Å²) in [6, 6.07) is 3.80. The van der Waals surface area contributed by atoms with Crippen molar-refractivity contribution in [1.29, 1.82) is 0 Å². The van der Waals surface area contributed by atoms with E-state index in [0.717, 1.165) is 5.56 Å². The third kappa shape index (κ3) is 1.87. The van der Waals surface area contributed by atoms with E-state index in [1.807, 2.05) is 26.0 Å². The van der Waals surface area contributed by atoms with Gasteiger partial charge in [0.15, 0.2) is 0 Å². The van der Waals surface area contributed by atoms with E-state index in [1.165, 1.54) is 0 Å². The van der Waals surface area contributed by atoms with Crippen LogP contribution in [0.1, 0.15) is 31.7 Å². The molecule has 0 aromatic carbocycles. The zero-order valence-corrected chi connectivity index (χ0v) is 9.78. The highest BCUT2D eigenvalue weighted by Gasteiger charge is 2.39. The van der Waals surface area contributed by atoms with Gasteiger partial charge in [-0.1, -0.05) is 6.07 Å². The molecule has 0 radical (unpaired) electrons. The molecular formula is C12H16N2O2. The second-order valence-electron chi connectivity index (χ2n) is 4.66. The van der Waals surface area contributed by atoms with Crippen LogP contribution in [0.4, 0.5) is 0 Å². The molecule has 0 aliphatic carbocycles. The maximum Gasteiger partial charge on any atom is 0.221 e. The monoisotopic (exact) mass is 220 g/mol. The Labute approximate surface area is 95.0 Å². The summed E-state index contributed by atoms with van der Waals surface area (Å²) in [5.41, 5.74) is 0.872. The third-order valence-corrected chi connectivity index (χ3v) is 3.09. The molecule has 0 bridgehead atoms. The number of carbonyl (C=O) groups excluding carboxylic acids is 1. The maximum absolute atomic E-state index is 11.4. The first-order chi connectivity index (χ1) is 7.53. The summed E-state index contributed by atoms with van der Waals surface area (Å²) in [5.74, 6) is 0.878. The Kier molecular flexibility index (Phi) is 2.58. The molecule has 1 aliphatic heterocycles. The SMILES string of the molecule is COc1ccc(C2CC(=O)NC2(C)C)cn1. The highest BCUT2D eigenvalue weighted by molar-refractivity contribution is 5.81. The Morgan fingerprint density at radius 3 is 2.69 bits per heavy atom. The number of nitrogens with zero attached hydrogens (tertiary/aromatic N) is 1. The zero-order valence-electron chi connectivity index (χ0n) is 9.78. The molecule has 2 rings (SSSR count). The lowest BCUT2D eigenvalue weighted by atomic mass is 9.84. The highest BCUT2D eigenvalue weighted by atomic mass is 16.5. The van der Waals surface area contributed by atoms with Crippen molar-refractivity contribution >= 4 is 5.91 Å². The minimum absolute atomic E-state index is 0.103. The van der Waals surface area contributed by atoms with E-state index in [1.54, 1.807) is 13.3 Å². The lowest BCUT2D eigenvalue weighted by Crippen LogP contribution is -2.38. The topological polar surface area (TPSA) is 51.2 Å². The van der Waals surface area contributed by atoms with Gasteiger partial charge in [-0.15, -0.1) is 0 Å². The minimum atomic E-state index is -0.201. The van der Waals surface area contributed by atoms with Crippen LogP contribution in [-0.2, 0) is 4.79 Å². The van der Waals surface area contributed by atoms with Crippen LogP contribution in [0.2, 0.25) is 0 Å². The summed E-state index contributed by atoms with van der Waals surface area (Å²) in [5, 5.41) is 2.97. The number of amides is 1. The number of methoxy groups -OCH3 is 1. The van der Waals surface area contributed by atoms with Crippen LogP contribution in [0.5, 0.6) is 5.88 Å². The van der Waals surface area contributed by atoms with Gasteiger partial charge in [-0.05, 0) is 19.4 Å². The van der Waals surface area contributed by atoms with Crippen molar-refractivity contribution in [2.45, 2.75) is 31.7 Å². The van der Waals surface area contributed by atoms with Crippen molar-refractivity contribution < 1.29 is 9.53 Å². The van der Waals surface area contributed by atoms with Crippen LogP contribution < -0.4 is 10.1 Å². The van der Waals surface area contributed by atoms with Gasteiger partial charge in [0.25, 0.3) is 0 Å². The molecule has 1 amide bonds. The molecule has 4 nitrogen and oxygen atoms in total. The fourth-order valence-electron chi connectivity index (χ4n) is 2.19. The maximum atomic E-state index is 11.4. The van der Waals surface area contributed by atoms with Gasteiger partial charge in [0, 0.05) is 30.1 Å². The number of carbonyl (C=O) groups is 1. The van der Waals surface area contributed by atoms with Gasteiger partial charge in [-0.25, -0.2) is 4.98 Å². The molecular weight excluding hydrogens is 204 g/mol. The van der Waals surface area contributed by atoms with Crippen LogP contribution in [-0.4, -0.2) is 23.5 Å². The van der Waals surface area contributed by atoms with E-state index >= 15 is 0 Å². The van der Waals surface area contributed by atoms with Gasteiger partial charge in [-0.2, -0.15) is 0 Å². The Balaban J connectivity index is 2.26. The van der Waals surface area contributed by atoms with Gasteiger partial charge in [0.05, 0.1) is 7.11 Å². The van der Waals surface area contributed by atoms with Crippen molar-refractivity contribution in [3.8, 4) is 5.88 Å². The first-order valence-corrected chi connectivity index (χ1v) is 5.34. The second kappa shape index (κ2) is 3.77. The van der Waals surface area contributed by atoms with Crippen LogP contribution in [0.25, 0.3) is 0 Å². The molecule has 1 aromatic rings. The number of ether oxygens (including phenoxy) is 1. The zero-order chi connectivity index (χ0) is 11.8. The summed E-state index contributed by atoms with van der Waals surface area (Å²) in [6.45, 7) is 4.07. The fourth-order valence-corrected chi connectivity index (χ4v) is 2.19. The second-order valence-corrected chi connectivity index (χ2v) is 4.66. The number of aromatic nitrogens is 1. The first kappa shape index (κ1) is 10.9. The average molecular weight is 220 g/mol. The van der Waals surface area contributed by atoms with Crippen molar-refractivity contribution in [1.82, 2.24) is 10.3 Å². The number of nitrogens with one attached hydrogen (secondary N) is 1. The van der Waals surface area contributed by atoms with Gasteiger partial charge in [0.1, 0.15) is 0 Å². The molecule has 0 saturated carbocycles. The van der Waals surface area contributed by atoms with Crippen LogP contribution >= 0.6 is 0 Å². The van der Waals surface area contributed by atoms with E-state index in [4.69, 9.17) is 4.74 Å². The first-order valence-electron chi connectivity index (χ1n) is 5.34. The Morgan fingerprint density at radius 2 is 2.25 bits per heavy atom. The van der Waals surface area contributed by atoms with Crippen molar-refractivity contribution in [2.24, 2.45) is 0 Å². The van der Waals surface area contributed by atoms with E-state index in [-0.39, 0.29) is 17.4 Å². The smallest absolute Gasteiger partial charge is 0.221 e. The van der Waals surface area contributed by atoms with E-state index < -0.39 is 0 Å². The van der Waals surface area contributed by atoms with Crippen molar-refractivity contribution in [2.75, 3.05) is 7.11 Å². The van der Waals surface area contributed by atoms with Crippen molar-refractivity contribution in [3.05, 3.63) is 23.9 Å². The molecule has 2 heterocycles. The minimum Gasteiger partial charge on any atom is -0.481 e. The standard InChI is InChI=1S/C12H16N2O2/c1-12(2)9(6-10(15)14-12)8-4-5-11(16-3)13-7-8/h4-5,7,9H,6H2,1-3H3,(H,14,15). The third-order valence-electron chi connectivity index (χ3n) is 3.09. The highest BCUT2D eigenvalue weighted by Crippen LogP contribution is 2.35. The summed E-state index contributed by atoms with van der Waals surface area (Å²) in [6.07, 6.45) is 2.31. The van der Waals surface area contributed by atoms with Crippen LogP contribution in [0, 0.1) is 0 Å². The molecule has 1 N–H and O–H groups in total. The molecule has 1 atom stereocenters. The van der Waals surface area contributed by atoms with Gasteiger partial charge < -0.3 is 10.1 Å². The summed E-state index contributed by atoms with van der Waals surface area (Å²) in [4.78, 5) is 15.6. The molecule has 1 fully saturated rings. The molecule has 1 aliphatic rings. The number of pyridine rings is 1. The van der Waals surface area contributed by atoms with Crippen LogP contribution in [0.3, 0.4) is 0 Å². The van der Waals surface area contributed by atoms with Gasteiger partial charge >= 0.3 is 0 Å². The Morgan fingerprint density at radius 1 is 1.50 bits per heavy atom. The lowest BCUT2D eigenvalue weighted by Gasteiger charge is -2.26. The van der Waals surface area contributed by atoms with Gasteiger partial charge in [-0.3, -0.25) is 4.79 Å². The molecule has 1 unspecified atom stereocenters. The number of hydrogen-bond donors (Lipinski definition) is 1. The normalized spacial score (nSPS) is 22.9. The summed E-state index contributed by atoms with van der Waals surface area (Å²) in [7, 11) is 1.59. The molecule has 1 saturated heterocycles. The van der Waals surface area contributed by atoms with E-state index in [2.05, 4.69) is 10.3 Å². The fraction of sp³-hybridized carbons (Fsp3) is 0.500. The average Bonchev–Trinajstić information content (AvgIpc) is 2.52. The number of rotatable bonds is 2.